The average Bonchev–Trinajstić information content (AvgIpc) is 3.31. The standard InChI is InChI=1S/C30H29N3O2/c1-22-8-5-6-13-27(22)33-28(14-15-31-33)25-17-30(18-25)20-32(21-30)29(34)24-11-7-12-26(16-24)35-19-23-9-3-2-4-10-23/h2-16,25H,17-21H2,1H3. The minimum Gasteiger partial charge on any atom is -0.489 e. The van der Waals surface area contributed by atoms with Gasteiger partial charge >= 0.3 is 0 Å². The number of hydrogen-bond donors (Lipinski definition) is 0. The molecule has 1 aliphatic heterocycles. The molecule has 0 unspecified atom stereocenters. The SMILES string of the molecule is Cc1ccccc1-n1nccc1C1CC2(C1)CN(C(=O)c1cccc(OCc3ccccc3)c1)C2. The lowest BCUT2D eigenvalue weighted by Gasteiger charge is -2.59. The molecule has 5 heteroatoms. The lowest BCUT2D eigenvalue weighted by Crippen LogP contribution is -2.63. The molecule has 176 valence electrons. The van der Waals surface area contributed by atoms with E-state index in [0.717, 1.165) is 42.9 Å². The van der Waals surface area contributed by atoms with Gasteiger partial charge in [0.15, 0.2) is 0 Å². The number of benzene rings is 3. The summed E-state index contributed by atoms with van der Waals surface area (Å²) in [5.74, 6) is 1.31. The molecule has 1 aromatic heterocycles. The van der Waals surface area contributed by atoms with Crippen LogP contribution >= 0.6 is 0 Å². The molecular weight excluding hydrogens is 434 g/mol. The minimum absolute atomic E-state index is 0.0918. The van der Waals surface area contributed by atoms with E-state index in [1.165, 1.54) is 11.3 Å². The average molecular weight is 464 g/mol. The van der Waals surface area contributed by atoms with Gasteiger partial charge in [-0.2, -0.15) is 5.10 Å². The fraction of sp³-hybridized carbons (Fsp3) is 0.267. The summed E-state index contributed by atoms with van der Waals surface area (Å²) in [6.45, 7) is 4.28. The smallest absolute Gasteiger partial charge is 0.254 e. The van der Waals surface area contributed by atoms with Crippen LogP contribution in [0.15, 0.2) is 91.1 Å². The van der Waals surface area contributed by atoms with E-state index in [4.69, 9.17) is 4.74 Å². The van der Waals surface area contributed by atoms with Crippen LogP contribution in [0.4, 0.5) is 0 Å². The van der Waals surface area contributed by atoms with Crippen molar-refractivity contribution in [2.45, 2.75) is 32.3 Å². The van der Waals surface area contributed by atoms with Gasteiger partial charge in [-0.05, 0) is 61.2 Å². The topological polar surface area (TPSA) is 47.4 Å². The number of carbonyl (C=O) groups is 1. The van der Waals surface area contributed by atoms with Crippen LogP contribution in [0.1, 0.15) is 45.9 Å². The van der Waals surface area contributed by atoms with Crippen molar-refractivity contribution in [1.82, 2.24) is 14.7 Å². The van der Waals surface area contributed by atoms with Gasteiger partial charge in [0.2, 0.25) is 0 Å². The number of hydrogen-bond acceptors (Lipinski definition) is 3. The van der Waals surface area contributed by atoms with Crippen molar-refractivity contribution >= 4 is 5.91 Å². The Morgan fingerprint density at radius 2 is 1.74 bits per heavy atom. The molecule has 2 aliphatic rings. The number of rotatable bonds is 6. The number of aryl methyl sites for hydroxylation is 1. The molecule has 3 aromatic carbocycles. The predicted molar refractivity (Wildman–Crippen MR) is 136 cm³/mol. The number of carbonyl (C=O) groups excluding carboxylic acids is 1. The fourth-order valence-electron chi connectivity index (χ4n) is 5.63. The van der Waals surface area contributed by atoms with Crippen molar-refractivity contribution < 1.29 is 9.53 Å². The third-order valence-electron chi connectivity index (χ3n) is 7.46. The first-order chi connectivity index (χ1) is 17.1. The van der Waals surface area contributed by atoms with Crippen molar-refractivity contribution in [3.63, 3.8) is 0 Å². The molecule has 1 spiro atoms. The van der Waals surface area contributed by atoms with E-state index in [1.807, 2.05) is 65.7 Å². The lowest BCUT2D eigenvalue weighted by atomic mass is 9.57. The first-order valence-electron chi connectivity index (χ1n) is 12.3. The molecule has 2 fully saturated rings. The molecule has 1 aliphatic carbocycles. The van der Waals surface area contributed by atoms with Crippen LogP contribution in [0.3, 0.4) is 0 Å². The van der Waals surface area contributed by atoms with Crippen LogP contribution in [-0.2, 0) is 6.61 Å². The van der Waals surface area contributed by atoms with Crippen LogP contribution in [0.5, 0.6) is 5.75 Å². The van der Waals surface area contributed by atoms with Gasteiger partial charge in [0, 0.05) is 41.9 Å². The molecule has 4 aromatic rings. The number of aromatic nitrogens is 2. The number of para-hydroxylation sites is 1. The van der Waals surface area contributed by atoms with Crippen molar-refractivity contribution in [3.8, 4) is 11.4 Å². The quantitative estimate of drug-likeness (QED) is 0.364. The second kappa shape index (κ2) is 8.73. The summed E-state index contributed by atoms with van der Waals surface area (Å²) in [5, 5.41) is 4.61. The van der Waals surface area contributed by atoms with Gasteiger partial charge in [0.25, 0.3) is 5.91 Å². The van der Waals surface area contributed by atoms with Crippen LogP contribution in [0, 0.1) is 12.3 Å². The van der Waals surface area contributed by atoms with Crippen molar-refractivity contribution in [2.24, 2.45) is 5.41 Å². The number of likely N-dealkylation sites (tertiary alicyclic amines) is 1. The molecule has 0 N–H and O–H groups in total. The zero-order valence-corrected chi connectivity index (χ0v) is 19.9. The Balaban J connectivity index is 1.06. The van der Waals surface area contributed by atoms with Crippen LogP contribution in [0.2, 0.25) is 0 Å². The third kappa shape index (κ3) is 4.12. The van der Waals surface area contributed by atoms with E-state index in [1.54, 1.807) is 0 Å². The Morgan fingerprint density at radius 3 is 2.54 bits per heavy atom. The Kier molecular flexibility index (Phi) is 5.40. The zero-order valence-electron chi connectivity index (χ0n) is 19.9. The monoisotopic (exact) mass is 463 g/mol. The summed E-state index contributed by atoms with van der Waals surface area (Å²) >= 11 is 0. The number of amides is 1. The normalized spacial score (nSPS) is 16.5. The number of ether oxygens (including phenoxy) is 1. The Morgan fingerprint density at radius 1 is 0.971 bits per heavy atom. The zero-order chi connectivity index (χ0) is 23.8. The van der Waals surface area contributed by atoms with Gasteiger partial charge in [0.05, 0.1) is 5.69 Å². The van der Waals surface area contributed by atoms with Gasteiger partial charge in [-0.15, -0.1) is 0 Å². The second-order valence-corrected chi connectivity index (χ2v) is 10.0. The molecule has 6 rings (SSSR count). The highest BCUT2D eigenvalue weighted by atomic mass is 16.5. The van der Waals surface area contributed by atoms with Gasteiger partial charge < -0.3 is 9.64 Å². The predicted octanol–water partition coefficient (Wildman–Crippen LogP) is 5.78. The summed E-state index contributed by atoms with van der Waals surface area (Å²) in [7, 11) is 0. The Labute approximate surface area is 206 Å². The molecule has 0 atom stereocenters. The largest absolute Gasteiger partial charge is 0.489 e. The maximum Gasteiger partial charge on any atom is 0.254 e. The van der Waals surface area contributed by atoms with Crippen LogP contribution in [0.25, 0.3) is 5.69 Å². The highest BCUT2D eigenvalue weighted by molar-refractivity contribution is 5.95. The van der Waals surface area contributed by atoms with E-state index in [9.17, 15) is 4.79 Å². The Bertz CT molecular complexity index is 1350. The third-order valence-corrected chi connectivity index (χ3v) is 7.46. The van der Waals surface area contributed by atoms with Gasteiger partial charge in [0.1, 0.15) is 12.4 Å². The molecular formula is C30H29N3O2. The molecule has 1 saturated heterocycles. The maximum atomic E-state index is 13.1. The fourth-order valence-corrected chi connectivity index (χ4v) is 5.63. The second-order valence-electron chi connectivity index (χ2n) is 10.0. The minimum atomic E-state index is 0.0918. The number of nitrogens with zero attached hydrogens (tertiary/aromatic N) is 3. The Hall–Kier alpha value is -3.86. The van der Waals surface area contributed by atoms with E-state index < -0.39 is 0 Å². The van der Waals surface area contributed by atoms with E-state index in [2.05, 4.69) is 47.0 Å². The van der Waals surface area contributed by atoms with E-state index in [0.29, 0.717) is 18.1 Å². The van der Waals surface area contributed by atoms with Gasteiger partial charge in [-0.1, -0.05) is 54.6 Å². The highest BCUT2D eigenvalue weighted by Gasteiger charge is 2.54. The van der Waals surface area contributed by atoms with E-state index >= 15 is 0 Å². The van der Waals surface area contributed by atoms with Crippen molar-refractivity contribution in [2.75, 3.05) is 13.1 Å². The molecule has 2 heterocycles. The van der Waals surface area contributed by atoms with E-state index in [-0.39, 0.29) is 11.3 Å². The highest BCUT2D eigenvalue weighted by Crippen LogP contribution is 2.56. The van der Waals surface area contributed by atoms with Crippen molar-refractivity contribution in [1.29, 1.82) is 0 Å². The van der Waals surface area contributed by atoms with Crippen LogP contribution in [-0.4, -0.2) is 33.7 Å². The first-order valence-corrected chi connectivity index (χ1v) is 12.3. The molecule has 1 amide bonds. The van der Waals surface area contributed by atoms with Gasteiger partial charge in [-0.25, -0.2) is 4.68 Å². The summed E-state index contributed by atoms with van der Waals surface area (Å²) < 4.78 is 8.01. The molecule has 1 saturated carbocycles. The summed E-state index contributed by atoms with van der Waals surface area (Å²) in [4.78, 5) is 15.1. The lowest BCUT2D eigenvalue weighted by molar-refractivity contribution is -0.0565. The summed E-state index contributed by atoms with van der Waals surface area (Å²) in [6.07, 6.45) is 4.11. The molecule has 0 radical (unpaired) electrons. The van der Waals surface area contributed by atoms with Crippen molar-refractivity contribution in [3.05, 3.63) is 114 Å². The summed E-state index contributed by atoms with van der Waals surface area (Å²) in [6, 6.07) is 28.1. The van der Waals surface area contributed by atoms with Gasteiger partial charge in [-0.3, -0.25) is 4.79 Å². The van der Waals surface area contributed by atoms with Crippen LogP contribution < -0.4 is 4.74 Å². The summed E-state index contributed by atoms with van der Waals surface area (Å²) in [5.41, 5.74) is 5.70. The molecule has 5 nitrogen and oxygen atoms in total. The molecule has 35 heavy (non-hydrogen) atoms. The maximum absolute atomic E-state index is 13.1. The first kappa shape index (κ1) is 21.7. The molecule has 0 bridgehead atoms.